The zero-order valence-corrected chi connectivity index (χ0v) is 11.5. The molecule has 110 valence electrons. The molecule has 0 aliphatic rings. The highest BCUT2D eigenvalue weighted by Crippen LogP contribution is 2.21. The Morgan fingerprint density at radius 2 is 2.00 bits per heavy atom. The molecule has 0 aliphatic carbocycles. The summed E-state index contributed by atoms with van der Waals surface area (Å²) < 4.78 is 31.3. The van der Waals surface area contributed by atoms with Crippen LogP contribution in [0.3, 0.4) is 0 Å². The lowest BCUT2D eigenvalue weighted by Gasteiger charge is -2.09. The van der Waals surface area contributed by atoms with Crippen molar-refractivity contribution in [3.05, 3.63) is 53.1 Å². The Labute approximate surface area is 124 Å². The van der Waals surface area contributed by atoms with Crippen molar-refractivity contribution in [2.24, 2.45) is 0 Å². The van der Waals surface area contributed by atoms with E-state index < -0.39 is 17.5 Å². The van der Waals surface area contributed by atoms with E-state index in [0.29, 0.717) is 0 Å². The van der Waals surface area contributed by atoms with E-state index in [1.807, 2.05) is 0 Å². The topological polar surface area (TPSA) is 64.3 Å². The van der Waals surface area contributed by atoms with E-state index in [4.69, 9.17) is 22.1 Å². The lowest BCUT2D eigenvalue weighted by atomic mass is 10.2. The van der Waals surface area contributed by atoms with Gasteiger partial charge in [0.25, 0.3) is 5.91 Å². The molecule has 21 heavy (non-hydrogen) atoms. The summed E-state index contributed by atoms with van der Waals surface area (Å²) in [5.41, 5.74) is 5.96. The third kappa shape index (κ3) is 4.06. The second kappa shape index (κ2) is 6.41. The van der Waals surface area contributed by atoms with Crippen LogP contribution in [0.25, 0.3) is 0 Å². The molecule has 0 atom stereocenters. The van der Waals surface area contributed by atoms with Crippen LogP contribution < -0.4 is 15.8 Å². The zero-order valence-electron chi connectivity index (χ0n) is 10.7. The van der Waals surface area contributed by atoms with Gasteiger partial charge in [-0.25, -0.2) is 8.78 Å². The first kappa shape index (κ1) is 15.1. The Balaban J connectivity index is 1.95. The Morgan fingerprint density at radius 1 is 1.24 bits per heavy atom. The van der Waals surface area contributed by atoms with Crippen molar-refractivity contribution in [2.45, 2.75) is 0 Å². The summed E-state index contributed by atoms with van der Waals surface area (Å²) in [6, 6.07) is 7.41. The highest BCUT2D eigenvalue weighted by atomic mass is 35.5. The van der Waals surface area contributed by atoms with Crippen molar-refractivity contribution in [2.75, 3.05) is 17.7 Å². The Hall–Kier alpha value is -2.34. The number of rotatable bonds is 4. The van der Waals surface area contributed by atoms with Crippen molar-refractivity contribution in [3.63, 3.8) is 0 Å². The zero-order chi connectivity index (χ0) is 15.4. The number of ether oxygens (including phenoxy) is 1. The SMILES string of the molecule is Nc1ccc(F)cc1NC(=O)COc1ccc(Cl)c(F)c1. The Bertz CT molecular complexity index is 680. The molecule has 0 radical (unpaired) electrons. The van der Waals surface area contributed by atoms with Gasteiger partial charge in [0.05, 0.1) is 16.4 Å². The van der Waals surface area contributed by atoms with Crippen molar-refractivity contribution < 1.29 is 18.3 Å². The fourth-order valence-electron chi connectivity index (χ4n) is 1.54. The summed E-state index contributed by atoms with van der Waals surface area (Å²) in [4.78, 5) is 11.7. The van der Waals surface area contributed by atoms with Crippen LogP contribution in [-0.4, -0.2) is 12.5 Å². The number of nitrogens with two attached hydrogens (primary N) is 1. The minimum absolute atomic E-state index is 0.0423. The molecule has 0 aliphatic heterocycles. The van der Waals surface area contributed by atoms with E-state index in [1.54, 1.807) is 0 Å². The molecular formula is C14H11ClF2N2O2. The highest BCUT2D eigenvalue weighted by Gasteiger charge is 2.08. The molecule has 1 amide bonds. The molecule has 0 fully saturated rings. The van der Waals surface area contributed by atoms with Gasteiger partial charge in [0, 0.05) is 6.07 Å². The van der Waals surface area contributed by atoms with Gasteiger partial charge in [0.2, 0.25) is 0 Å². The predicted molar refractivity (Wildman–Crippen MR) is 76.3 cm³/mol. The monoisotopic (exact) mass is 312 g/mol. The number of anilines is 2. The van der Waals surface area contributed by atoms with E-state index in [2.05, 4.69) is 5.32 Å². The van der Waals surface area contributed by atoms with E-state index in [9.17, 15) is 13.6 Å². The molecule has 0 saturated heterocycles. The van der Waals surface area contributed by atoms with Gasteiger partial charge in [-0.3, -0.25) is 4.79 Å². The van der Waals surface area contributed by atoms with Crippen LogP contribution in [-0.2, 0) is 4.79 Å². The molecule has 0 heterocycles. The molecule has 0 bridgehead atoms. The number of hydrogen-bond acceptors (Lipinski definition) is 3. The van der Waals surface area contributed by atoms with Crippen LogP contribution in [0, 0.1) is 11.6 Å². The molecule has 7 heteroatoms. The predicted octanol–water partition coefficient (Wildman–Crippen LogP) is 3.22. The average molecular weight is 313 g/mol. The summed E-state index contributed by atoms with van der Waals surface area (Å²) >= 11 is 5.52. The molecule has 0 saturated carbocycles. The summed E-state index contributed by atoms with van der Waals surface area (Å²) in [5, 5.41) is 2.36. The Kier molecular flexibility index (Phi) is 4.59. The van der Waals surface area contributed by atoms with Gasteiger partial charge in [-0.1, -0.05) is 11.6 Å². The largest absolute Gasteiger partial charge is 0.484 e. The number of halogens is 3. The van der Waals surface area contributed by atoms with E-state index in [0.717, 1.165) is 12.1 Å². The third-order valence-corrected chi connectivity index (χ3v) is 2.86. The maximum absolute atomic E-state index is 13.2. The van der Waals surface area contributed by atoms with Gasteiger partial charge in [-0.05, 0) is 30.3 Å². The summed E-state index contributed by atoms with van der Waals surface area (Å²) in [7, 11) is 0. The minimum atomic E-state index is -0.649. The molecule has 2 aromatic carbocycles. The molecular weight excluding hydrogens is 302 g/mol. The van der Waals surface area contributed by atoms with Gasteiger partial charge in [0.1, 0.15) is 17.4 Å². The minimum Gasteiger partial charge on any atom is -0.484 e. The maximum atomic E-state index is 13.2. The molecule has 2 aromatic rings. The number of nitrogens with one attached hydrogen (secondary N) is 1. The van der Waals surface area contributed by atoms with Crippen molar-refractivity contribution in [1.82, 2.24) is 0 Å². The number of nitrogen functional groups attached to an aromatic ring is 1. The quantitative estimate of drug-likeness (QED) is 0.852. The smallest absolute Gasteiger partial charge is 0.262 e. The maximum Gasteiger partial charge on any atom is 0.262 e. The number of hydrogen-bond donors (Lipinski definition) is 2. The first-order valence-electron chi connectivity index (χ1n) is 5.88. The van der Waals surface area contributed by atoms with Crippen LogP contribution in [0.5, 0.6) is 5.75 Å². The molecule has 2 rings (SSSR count). The van der Waals surface area contributed by atoms with Crippen LogP contribution >= 0.6 is 11.6 Å². The van der Waals surface area contributed by atoms with Gasteiger partial charge in [-0.15, -0.1) is 0 Å². The van der Waals surface area contributed by atoms with Crippen LogP contribution in [0.15, 0.2) is 36.4 Å². The first-order chi connectivity index (χ1) is 9.95. The summed E-state index contributed by atoms with van der Waals surface area (Å²) in [6.45, 7) is -0.378. The third-order valence-electron chi connectivity index (χ3n) is 2.55. The van der Waals surface area contributed by atoms with Crippen LogP contribution in [0.2, 0.25) is 5.02 Å². The van der Waals surface area contributed by atoms with Crippen molar-refractivity contribution in [1.29, 1.82) is 0 Å². The fraction of sp³-hybridized carbons (Fsp3) is 0.0714. The molecule has 0 spiro atoms. The first-order valence-corrected chi connectivity index (χ1v) is 6.26. The highest BCUT2D eigenvalue weighted by molar-refractivity contribution is 6.30. The lowest BCUT2D eigenvalue weighted by molar-refractivity contribution is -0.118. The molecule has 3 N–H and O–H groups in total. The van der Waals surface area contributed by atoms with Gasteiger partial charge in [0.15, 0.2) is 6.61 Å². The van der Waals surface area contributed by atoms with E-state index >= 15 is 0 Å². The second-order valence-corrected chi connectivity index (χ2v) is 4.55. The molecule has 0 aromatic heterocycles. The van der Waals surface area contributed by atoms with Gasteiger partial charge < -0.3 is 15.8 Å². The number of carbonyl (C=O) groups excluding carboxylic acids is 1. The average Bonchev–Trinajstić information content (AvgIpc) is 2.44. The number of carbonyl (C=O) groups is 1. The van der Waals surface area contributed by atoms with E-state index in [-0.39, 0.29) is 28.8 Å². The normalized spacial score (nSPS) is 10.2. The molecule has 0 unspecified atom stereocenters. The number of benzene rings is 2. The summed E-state index contributed by atoms with van der Waals surface area (Å²) in [5.74, 6) is -1.58. The van der Waals surface area contributed by atoms with Gasteiger partial charge in [-0.2, -0.15) is 0 Å². The second-order valence-electron chi connectivity index (χ2n) is 4.14. The lowest BCUT2D eigenvalue weighted by Crippen LogP contribution is -2.21. The Morgan fingerprint density at radius 3 is 2.71 bits per heavy atom. The summed E-state index contributed by atoms with van der Waals surface area (Å²) in [6.07, 6.45) is 0. The molecule has 4 nitrogen and oxygen atoms in total. The van der Waals surface area contributed by atoms with Crippen molar-refractivity contribution >= 4 is 28.9 Å². The fourth-order valence-corrected chi connectivity index (χ4v) is 1.66. The van der Waals surface area contributed by atoms with Crippen molar-refractivity contribution in [3.8, 4) is 5.75 Å². The van der Waals surface area contributed by atoms with Crippen LogP contribution in [0.4, 0.5) is 20.2 Å². The standard InChI is InChI=1S/C14H11ClF2N2O2/c15-10-3-2-9(6-11(10)17)21-7-14(20)19-13-5-8(16)1-4-12(13)18/h1-6H,7,18H2,(H,19,20). The van der Waals surface area contributed by atoms with Gasteiger partial charge >= 0.3 is 0 Å². The van der Waals surface area contributed by atoms with Crippen LogP contribution in [0.1, 0.15) is 0 Å². The van der Waals surface area contributed by atoms with E-state index in [1.165, 1.54) is 24.3 Å². The number of amides is 1.